The van der Waals surface area contributed by atoms with Crippen LogP contribution in [0.3, 0.4) is 0 Å². The quantitative estimate of drug-likeness (QED) is 0.894. The Morgan fingerprint density at radius 3 is 2.76 bits per heavy atom. The second-order valence-electron chi connectivity index (χ2n) is 7.93. The second-order valence-corrected chi connectivity index (χ2v) is 7.93. The van der Waals surface area contributed by atoms with E-state index < -0.39 is 0 Å². The number of hydrogen-bond acceptors (Lipinski definition) is 3. The zero-order valence-electron chi connectivity index (χ0n) is 15.0. The Balaban J connectivity index is 1.34. The molecule has 4 heteroatoms. The predicted octanol–water partition coefficient (Wildman–Crippen LogP) is 2.62. The summed E-state index contributed by atoms with van der Waals surface area (Å²) in [4.78, 5) is 15.3. The molecular formula is C21H30N2O2. The summed E-state index contributed by atoms with van der Waals surface area (Å²) < 4.78 is 6.01. The third-order valence-electron chi connectivity index (χ3n) is 6.30. The maximum atomic E-state index is 12.8. The SMILES string of the molecule is O=C(NC1CCC1)[C@@H]1CCO[C@@H]2CCN(CCc3ccccc3)C[C@@H]21. The first kappa shape index (κ1) is 17.0. The van der Waals surface area contributed by atoms with Crippen LogP contribution in [0.5, 0.6) is 0 Å². The molecule has 0 bridgehead atoms. The Kier molecular flexibility index (Phi) is 5.37. The second kappa shape index (κ2) is 7.88. The molecule has 0 aromatic heterocycles. The predicted molar refractivity (Wildman–Crippen MR) is 98.3 cm³/mol. The number of ether oxygens (including phenoxy) is 1. The first-order valence-corrected chi connectivity index (χ1v) is 9.98. The fourth-order valence-corrected chi connectivity index (χ4v) is 4.51. The molecular weight excluding hydrogens is 312 g/mol. The summed E-state index contributed by atoms with van der Waals surface area (Å²) in [5.74, 6) is 0.783. The van der Waals surface area contributed by atoms with Crippen LogP contribution in [0, 0.1) is 11.8 Å². The van der Waals surface area contributed by atoms with Gasteiger partial charge in [0, 0.05) is 44.1 Å². The van der Waals surface area contributed by atoms with Crippen molar-refractivity contribution in [3.05, 3.63) is 35.9 Å². The molecule has 1 aromatic carbocycles. The summed E-state index contributed by atoms with van der Waals surface area (Å²) in [7, 11) is 0. The van der Waals surface area contributed by atoms with Crippen LogP contribution in [-0.2, 0) is 16.0 Å². The molecule has 25 heavy (non-hydrogen) atoms. The third-order valence-corrected chi connectivity index (χ3v) is 6.30. The van der Waals surface area contributed by atoms with Crippen molar-refractivity contribution in [1.29, 1.82) is 0 Å². The topological polar surface area (TPSA) is 41.6 Å². The maximum Gasteiger partial charge on any atom is 0.223 e. The summed E-state index contributed by atoms with van der Waals surface area (Å²) in [6.07, 6.45) is 6.88. The molecule has 3 fully saturated rings. The number of nitrogens with one attached hydrogen (secondary N) is 1. The smallest absolute Gasteiger partial charge is 0.223 e. The van der Waals surface area contributed by atoms with E-state index in [-0.39, 0.29) is 17.9 Å². The van der Waals surface area contributed by atoms with Crippen LogP contribution in [0.25, 0.3) is 0 Å². The summed E-state index contributed by atoms with van der Waals surface area (Å²) in [6, 6.07) is 11.1. The Labute approximate surface area is 150 Å². The van der Waals surface area contributed by atoms with Crippen LogP contribution in [0.4, 0.5) is 0 Å². The molecule has 4 nitrogen and oxygen atoms in total. The van der Waals surface area contributed by atoms with E-state index in [0.717, 1.165) is 58.3 Å². The number of fused-ring (bicyclic) bond motifs is 1. The van der Waals surface area contributed by atoms with E-state index in [1.165, 1.54) is 12.0 Å². The van der Waals surface area contributed by atoms with Crippen molar-refractivity contribution in [2.45, 2.75) is 50.7 Å². The van der Waals surface area contributed by atoms with Gasteiger partial charge in [0.2, 0.25) is 5.91 Å². The number of carbonyl (C=O) groups excluding carboxylic acids is 1. The Hall–Kier alpha value is -1.39. The van der Waals surface area contributed by atoms with Crippen molar-refractivity contribution < 1.29 is 9.53 Å². The van der Waals surface area contributed by atoms with Gasteiger partial charge in [0.1, 0.15) is 0 Å². The van der Waals surface area contributed by atoms with Crippen molar-refractivity contribution in [1.82, 2.24) is 10.2 Å². The van der Waals surface area contributed by atoms with Crippen LogP contribution >= 0.6 is 0 Å². The summed E-state index contributed by atoms with van der Waals surface area (Å²) in [6.45, 7) is 3.91. The van der Waals surface area contributed by atoms with Gasteiger partial charge in [0.25, 0.3) is 0 Å². The minimum atomic E-state index is 0.138. The van der Waals surface area contributed by atoms with E-state index in [1.54, 1.807) is 0 Å². The van der Waals surface area contributed by atoms with Gasteiger partial charge in [-0.15, -0.1) is 0 Å². The summed E-state index contributed by atoms with van der Waals surface area (Å²) >= 11 is 0. The molecule has 1 aliphatic carbocycles. The van der Waals surface area contributed by atoms with Crippen molar-refractivity contribution in [2.24, 2.45) is 11.8 Å². The minimum Gasteiger partial charge on any atom is -0.378 e. The van der Waals surface area contributed by atoms with Crippen molar-refractivity contribution in [3.63, 3.8) is 0 Å². The first-order chi connectivity index (χ1) is 12.3. The molecule has 2 saturated heterocycles. The number of rotatable bonds is 5. The monoisotopic (exact) mass is 342 g/mol. The number of carbonyl (C=O) groups is 1. The van der Waals surface area contributed by atoms with E-state index in [2.05, 4.69) is 40.5 Å². The zero-order chi connectivity index (χ0) is 17.1. The van der Waals surface area contributed by atoms with Gasteiger partial charge in [-0.25, -0.2) is 0 Å². The van der Waals surface area contributed by atoms with Gasteiger partial charge >= 0.3 is 0 Å². The minimum absolute atomic E-state index is 0.138. The highest BCUT2D eigenvalue weighted by molar-refractivity contribution is 5.79. The summed E-state index contributed by atoms with van der Waals surface area (Å²) in [5.41, 5.74) is 1.39. The lowest BCUT2D eigenvalue weighted by Gasteiger charge is -2.45. The van der Waals surface area contributed by atoms with Crippen molar-refractivity contribution in [2.75, 3.05) is 26.2 Å². The number of amides is 1. The molecule has 1 aromatic rings. The van der Waals surface area contributed by atoms with Gasteiger partial charge in [0.05, 0.1) is 6.10 Å². The van der Waals surface area contributed by atoms with Crippen LogP contribution < -0.4 is 5.32 Å². The van der Waals surface area contributed by atoms with Gasteiger partial charge in [-0.3, -0.25) is 4.79 Å². The third kappa shape index (κ3) is 4.06. The molecule has 0 unspecified atom stereocenters. The number of nitrogens with zero attached hydrogens (tertiary/aromatic N) is 1. The average molecular weight is 342 g/mol. The normalized spacial score (nSPS) is 30.3. The largest absolute Gasteiger partial charge is 0.378 e. The zero-order valence-corrected chi connectivity index (χ0v) is 15.0. The lowest BCUT2D eigenvalue weighted by molar-refractivity contribution is -0.142. The van der Waals surface area contributed by atoms with Crippen LogP contribution in [0.2, 0.25) is 0 Å². The average Bonchev–Trinajstić information content (AvgIpc) is 2.63. The van der Waals surface area contributed by atoms with Gasteiger partial charge in [0.15, 0.2) is 0 Å². The number of likely N-dealkylation sites (tertiary alicyclic amines) is 1. The molecule has 2 heterocycles. The van der Waals surface area contributed by atoms with Gasteiger partial charge in [-0.1, -0.05) is 30.3 Å². The first-order valence-electron chi connectivity index (χ1n) is 9.98. The number of piperidine rings is 1. The van der Waals surface area contributed by atoms with Crippen LogP contribution in [0.15, 0.2) is 30.3 Å². The highest BCUT2D eigenvalue weighted by Gasteiger charge is 2.42. The summed E-state index contributed by atoms with van der Waals surface area (Å²) in [5, 5.41) is 3.28. The molecule has 0 radical (unpaired) electrons. The highest BCUT2D eigenvalue weighted by Crippen LogP contribution is 2.34. The van der Waals surface area contributed by atoms with Crippen LogP contribution in [0.1, 0.15) is 37.7 Å². The van der Waals surface area contributed by atoms with Crippen LogP contribution in [-0.4, -0.2) is 49.2 Å². The fraction of sp³-hybridized carbons (Fsp3) is 0.667. The van der Waals surface area contributed by atoms with Gasteiger partial charge in [-0.2, -0.15) is 0 Å². The lowest BCUT2D eigenvalue weighted by atomic mass is 9.78. The van der Waals surface area contributed by atoms with E-state index in [1.807, 2.05) is 0 Å². The van der Waals surface area contributed by atoms with E-state index in [0.29, 0.717) is 12.0 Å². The maximum absolute atomic E-state index is 12.8. The van der Waals surface area contributed by atoms with E-state index >= 15 is 0 Å². The van der Waals surface area contributed by atoms with Crippen molar-refractivity contribution >= 4 is 5.91 Å². The highest BCUT2D eigenvalue weighted by atomic mass is 16.5. The molecule has 2 aliphatic heterocycles. The number of hydrogen-bond donors (Lipinski definition) is 1. The van der Waals surface area contributed by atoms with E-state index in [4.69, 9.17) is 4.74 Å². The van der Waals surface area contributed by atoms with Gasteiger partial charge < -0.3 is 15.0 Å². The molecule has 3 aliphatic rings. The molecule has 1 N–H and O–H groups in total. The molecule has 1 saturated carbocycles. The number of benzene rings is 1. The molecule has 1 amide bonds. The standard InChI is InChI=1S/C21H30N2O2/c24-21(22-17-7-4-8-17)18-11-14-25-20-10-13-23(15-19(18)20)12-9-16-5-2-1-3-6-16/h1-3,5-6,17-20H,4,7-15H2,(H,22,24)/t18-,19-,20-/m1/s1. The van der Waals surface area contributed by atoms with Crippen molar-refractivity contribution in [3.8, 4) is 0 Å². The molecule has 0 spiro atoms. The Morgan fingerprint density at radius 1 is 1.16 bits per heavy atom. The lowest BCUT2D eigenvalue weighted by Crippen LogP contribution is -2.55. The molecule has 136 valence electrons. The Morgan fingerprint density at radius 2 is 2.00 bits per heavy atom. The molecule has 4 rings (SSSR count). The molecule has 3 atom stereocenters. The fourth-order valence-electron chi connectivity index (χ4n) is 4.51. The van der Waals surface area contributed by atoms with Gasteiger partial charge in [-0.05, 0) is 44.1 Å². The van der Waals surface area contributed by atoms with E-state index in [9.17, 15) is 4.79 Å². The Bertz CT molecular complexity index is 573.